The average Bonchev–Trinajstić information content (AvgIpc) is 2.74. The van der Waals surface area contributed by atoms with Crippen molar-refractivity contribution in [3.8, 4) is 5.75 Å². The molecule has 3 rings (SSSR count). The Hall–Kier alpha value is -3.52. The van der Waals surface area contributed by atoms with Crippen molar-refractivity contribution >= 4 is 34.7 Å². The van der Waals surface area contributed by atoms with Gasteiger partial charge in [-0.2, -0.15) is 0 Å². The highest BCUT2D eigenvalue weighted by molar-refractivity contribution is 7.99. The number of hydrogen-bond donors (Lipinski definition) is 1. The molecule has 1 N–H and O–H groups in total. The first-order valence-corrected chi connectivity index (χ1v) is 9.89. The summed E-state index contributed by atoms with van der Waals surface area (Å²) >= 11 is 1.37. The Kier molecular flexibility index (Phi) is 6.58. The molecule has 0 unspecified atom stereocenters. The van der Waals surface area contributed by atoms with Gasteiger partial charge >= 0.3 is 0 Å². The number of anilines is 2. The van der Waals surface area contributed by atoms with Gasteiger partial charge in [-0.25, -0.2) is 0 Å². The largest absolute Gasteiger partial charge is 0.495 e. The lowest BCUT2D eigenvalue weighted by Gasteiger charge is -2.20. The van der Waals surface area contributed by atoms with Crippen LogP contribution in [-0.4, -0.2) is 32.0 Å². The van der Waals surface area contributed by atoms with E-state index in [4.69, 9.17) is 4.74 Å². The number of ether oxygens (including phenoxy) is 1. The SMILES string of the molecule is COc1ccccc1NC(=O)c1c(Sc2ccc([N+](=O)[O-])cc2)cccc1N(C)C. The van der Waals surface area contributed by atoms with Gasteiger partial charge in [0, 0.05) is 36.0 Å². The molecule has 154 valence electrons. The summed E-state index contributed by atoms with van der Waals surface area (Å²) in [7, 11) is 5.29. The number of para-hydroxylation sites is 2. The lowest BCUT2D eigenvalue weighted by atomic mass is 10.1. The zero-order valence-corrected chi connectivity index (χ0v) is 17.6. The number of carbonyl (C=O) groups is 1. The molecule has 0 bridgehead atoms. The Morgan fingerprint density at radius 3 is 2.37 bits per heavy atom. The summed E-state index contributed by atoms with van der Waals surface area (Å²) in [5, 5.41) is 13.8. The van der Waals surface area contributed by atoms with Crippen molar-refractivity contribution in [3.63, 3.8) is 0 Å². The fourth-order valence-electron chi connectivity index (χ4n) is 2.90. The van der Waals surface area contributed by atoms with Crippen LogP contribution in [0.2, 0.25) is 0 Å². The van der Waals surface area contributed by atoms with Crippen LogP contribution in [0.4, 0.5) is 17.1 Å². The predicted molar refractivity (Wildman–Crippen MR) is 119 cm³/mol. The number of amides is 1. The van der Waals surface area contributed by atoms with Crippen molar-refractivity contribution in [1.29, 1.82) is 0 Å². The predicted octanol–water partition coefficient (Wildman–Crippen LogP) is 5.07. The zero-order chi connectivity index (χ0) is 21.7. The van der Waals surface area contributed by atoms with Crippen LogP contribution >= 0.6 is 11.8 Å². The highest BCUT2D eigenvalue weighted by Crippen LogP contribution is 2.36. The highest BCUT2D eigenvalue weighted by atomic mass is 32.2. The number of non-ortho nitro benzene ring substituents is 1. The lowest BCUT2D eigenvalue weighted by molar-refractivity contribution is -0.384. The molecule has 1 amide bonds. The monoisotopic (exact) mass is 423 g/mol. The molecule has 0 aliphatic carbocycles. The van der Waals surface area contributed by atoms with Crippen molar-refractivity contribution in [2.24, 2.45) is 0 Å². The van der Waals surface area contributed by atoms with Gasteiger partial charge in [-0.15, -0.1) is 0 Å². The van der Waals surface area contributed by atoms with Gasteiger partial charge in [-0.3, -0.25) is 14.9 Å². The molecule has 0 heterocycles. The summed E-state index contributed by atoms with van der Waals surface area (Å²) in [6.45, 7) is 0. The summed E-state index contributed by atoms with van der Waals surface area (Å²) in [5.74, 6) is 0.297. The van der Waals surface area contributed by atoms with E-state index in [1.807, 2.05) is 49.3 Å². The lowest BCUT2D eigenvalue weighted by Crippen LogP contribution is -2.19. The maximum atomic E-state index is 13.3. The summed E-state index contributed by atoms with van der Waals surface area (Å²) in [4.78, 5) is 27.1. The number of hydrogen-bond acceptors (Lipinski definition) is 6. The first-order valence-electron chi connectivity index (χ1n) is 9.07. The van der Waals surface area contributed by atoms with E-state index in [9.17, 15) is 14.9 Å². The minimum absolute atomic E-state index is 0.0236. The molecular formula is C22H21N3O4S. The van der Waals surface area contributed by atoms with Crippen LogP contribution in [0.15, 0.2) is 76.5 Å². The van der Waals surface area contributed by atoms with E-state index in [2.05, 4.69) is 5.32 Å². The van der Waals surface area contributed by atoms with Gasteiger partial charge in [0.2, 0.25) is 0 Å². The summed E-state index contributed by atoms with van der Waals surface area (Å²) in [5.41, 5.74) is 1.87. The van der Waals surface area contributed by atoms with Crippen molar-refractivity contribution in [2.75, 3.05) is 31.4 Å². The molecule has 8 heteroatoms. The third-order valence-corrected chi connectivity index (χ3v) is 5.41. The van der Waals surface area contributed by atoms with E-state index in [1.54, 1.807) is 31.4 Å². The normalized spacial score (nSPS) is 10.4. The van der Waals surface area contributed by atoms with Gasteiger partial charge in [0.15, 0.2) is 0 Å². The number of carbonyl (C=O) groups excluding carboxylic acids is 1. The molecular weight excluding hydrogens is 402 g/mol. The minimum Gasteiger partial charge on any atom is -0.495 e. The molecule has 0 spiro atoms. The van der Waals surface area contributed by atoms with Gasteiger partial charge < -0.3 is 15.0 Å². The molecule has 0 radical (unpaired) electrons. The third kappa shape index (κ3) is 4.72. The van der Waals surface area contributed by atoms with E-state index in [0.29, 0.717) is 17.0 Å². The molecule has 0 aliphatic heterocycles. The number of nitro groups is 1. The van der Waals surface area contributed by atoms with Crippen molar-refractivity contribution in [2.45, 2.75) is 9.79 Å². The second-order valence-corrected chi connectivity index (χ2v) is 7.67. The van der Waals surface area contributed by atoms with E-state index in [-0.39, 0.29) is 11.6 Å². The maximum Gasteiger partial charge on any atom is 0.269 e. The molecule has 3 aromatic carbocycles. The van der Waals surface area contributed by atoms with Crippen LogP contribution < -0.4 is 15.0 Å². The van der Waals surface area contributed by atoms with Gasteiger partial charge in [0.05, 0.1) is 29.0 Å². The molecule has 0 aliphatic rings. The molecule has 0 aromatic heterocycles. The van der Waals surface area contributed by atoms with Crippen LogP contribution in [0.5, 0.6) is 5.75 Å². The van der Waals surface area contributed by atoms with Crippen molar-refractivity contribution in [3.05, 3.63) is 82.4 Å². The quantitative estimate of drug-likeness (QED) is 0.422. The van der Waals surface area contributed by atoms with Gasteiger partial charge in [-0.1, -0.05) is 30.0 Å². The van der Waals surface area contributed by atoms with Crippen LogP contribution in [0.3, 0.4) is 0 Å². The molecule has 0 atom stereocenters. The van der Waals surface area contributed by atoms with E-state index in [0.717, 1.165) is 15.5 Å². The maximum absolute atomic E-state index is 13.3. The van der Waals surface area contributed by atoms with Gasteiger partial charge in [0.25, 0.3) is 11.6 Å². The molecule has 0 saturated heterocycles. The fourth-order valence-corrected chi connectivity index (χ4v) is 3.87. The van der Waals surface area contributed by atoms with E-state index < -0.39 is 4.92 Å². The summed E-state index contributed by atoms with van der Waals surface area (Å²) in [6, 6.07) is 19.1. The van der Waals surface area contributed by atoms with Crippen molar-refractivity contribution < 1.29 is 14.5 Å². The Morgan fingerprint density at radius 2 is 1.73 bits per heavy atom. The molecule has 30 heavy (non-hydrogen) atoms. The molecule has 3 aromatic rings. The highest BCUT2D eigenvalue weighted by Gasteiger charge is 2.20. The Morgan fingerprint density at radius 1 is 1.03 bits per heavy atom. The first-order chi connectivity index (χ1) is 14.4. The Bertz CT molecular complexity index is 1070. The zero-order valence-electron chi connectivity index (χ0n) is 16.8. The number of nitro benzene ring substituents is 1. The number of nitrogens with zero attached hydrogens (tertiary/aromatic N) is 2. The van der Waals surface area contributed by atoms with Crippen LogP contribution in [0.1, 0.15) is 10.4 Å². The Labute approximate surface area is 178 Å². The number of methoxy groups -OCH3 is 1. The Balaban J connectivity index is 1.97. The van der Waals surface area contributed by atoms with Gasteiger partial charge in [0.1, 0.15) is 5.75 Å². The standard InChI is InChI=1S/C22H21N3O4S/c1-24(2)18-8-6-10-20(30-16-13-11-15(12-14-16)25(27)28)21(18)22(26)23-17-7-4-5-9-19(17)29-3/h4-14H,1-3H3,(H,23,26). The van der Waals surface area contributed by atoms with Gasteiger partial charge in [-0.05, 0) is 36.4 Å². The molecule has 0 fully saturated rings. The first kappa shape index (κ1) is 21.2. The second kappa shape index (κ2) is 9.32. The summed E-state index contributed by atoms with van der Waals surface area (Å²) in [6.07, 6.45) is 0. The van der Waals surface area contributed by atoms with Crippen LogP contribution in [-0.2, 0) is 0 Å². The van der Waals surface area contributed by atoms with E-state index >= 15 is 0 Å². The van der Waals surface area contributed by atoms with E-state index in [1.165, 1.54) is 23.9 Å². The van der Waals surface area contributed by atoms with Crippen molar-refractivity contribution in [1.82, 2.24) is 0 Å². The summed E-state index contributed by atoms with van der Waals surface area (Å²) < 4.78 is 5.33. The number of rotatable bonds is 7. The average molecular weight is 423 g/mol. The third-order valence-electron chi connectivity index (χ3n) is 4.34. The fraction of sp³-hybridized carbons (Fsp3) is 0.136. The van der Waals surface area contributed by atoms with Crippen LogP contribution in [0, 0.1) is 10.1 Å². The number of benzene rings is 3. The minimum atomic E-state index is -0.437. The number of nitrogens with one attached hydrogen (secondary N) is 1. The second-order valence-electron chi connectivity index (χ2n) is 6.55. The van der Waals surface area contributed by atoms with Crippen LogP contribution in [0.25, 0.3) is 0 Å². The topological polar surface area (TPSA) is 84.7 Å². The smallest absolute Gasteiger partial charge is 0.269 e. The molecule has 7 nitrogen and oxygen atoms in total. The molecule has 0 saturated carbocycles.